The Kier molecular flexibility index (Phi) is 7.97. The summed E-state index contributed by atoms with van der Waals surface area (Å²) < 4.78 is 7.16. The highest BCUT2D eigenvalue weighted by atomic mass is 79.9. The quantitative estimate of drug-likeness (QED) is 0.183. The number of hydrogen-bond donors (Lipinski definition) is 2. The zero-order valence-electron chi connectivity index (χ0n) is 16.6. The molecule has 0 spiro atoms. The second-order valence-corrected chi connectivity index (χ2v) is 8.42. The molecule has 0 aliphatic rings. The fourth-order valence-electron chi connectivity index (χ4n) is 2.53. The van der Waals surface area contributed by atoms with E-state index in [0.29, 0.717) is 16.9 Å². The van der Waals surface area contributed by atoms with Gasteiger partial charge in [-0.2, -0.15) is 5.10 Å². The number of amides is 1. The highest BCUT2D eigenvalue weighted by Gasteiger charge is 2.11. The Morgan fingerprint density at radius 3 is 2.35 bits per heavy atom. The van der Waals surface area contributed by atoms with Crippen molar-refractivity contribution in [2.45, 2.75) is 6.92 Å². The van der Waals surface area contributed by atoms with Gasteiger partial charge >= 0.3 is 5.97 Å². The number of anilines is 1. The van der Waals surface area contributed by atoms with E-state index in [4.69, 9.17) is 4.74 Å². The third-order valence-corrected chi connectivity index (χ3v) is 5.17. The number of carbonyl (C=O) groups excluding carboxylic acids is 2. The normalized spacial score (nSPS) is 10.7. The average molecular weight is 545 g/mol. The molecule has 0 unspecified atom stereocenters. The van der Waals surface area contributed by atoms with Crippen LogP contribution in [0.3, 0.4) is 0 Å². The summed E-state index contributed by atoms with van der Waals surface area (Å²) in [6, 6.07) is 19.7. The van der Waals surface area contributed by atoms with Crippen LogP contribution >= 0.6 is 31.9 Å². The maximum Gasteiger partial charge on any atom is 0.343 e. The largest absolute Gasteiger partial charge is 0.422 e. The van der Waals surface area contributed by atoms with Gasteiger partial charge in [0, 0.05) is 20.2 Å². The SMILES string of the molecule is Cc1ccc(NCC(=O)NN=Cc2cc(Br)ccc2OC(=O)c2ccc(Br)cc2)cc1. The Morgan fingerprint density at radius 2 is 1.65 bits per heavy atom. The number of ether oxygens (including phenoxy) is 1. The Balaban J connectivity index is 1.61. The summed E-state index contributed by atoms with van der Waals surface area (Å²) >= 11 is 6.72. The van der Waals surface area contributed by atoms with E-state index in [9.17, 15) is 9.59 Å². The minimum absolute atomic E-state index is 0.0737. The summed E-state index contributed by atoms with van der Waals surface area (Å²) in [6.07, 6.45) is 1.43. The van der Waals surface area contributed by atoms with Crippen LogP contribution in [0.2, 0.25) is 0 Å². The van der Waals surface area contributed by atoms with E-state index < -0.39 is 5.97 Å². The van der Waals surface area contributed by atoms with Crippen LogP contribution in [-0.4, -0.2) is 24.6 Å². The molecule has 0 bridgehead atoms. The second-order valence-electron chi connectivity index (χ2n) is 6.59. The lowest BCUT2D eigenvalue weighted by atomic mass is 10.2. The number of nitrogens with one attached hydrogen (secondary N) is 2. The molecule has 0 atom stereocenters. The van der Waals surface area contributed by atoms with Crippen LogP contribution in [0.5, 0.6) is 5.75 Å². The Hall–Kier alpha value is -2.97. The molecule has 158 valence electrons. The monoisotopic (exact) mass is 543 g/mol. The molecule has 1 amide bonds. The van der Waals surface area contributed by atoms with E-state index in [0.717, 1.165) is 20.2 Å². The minimum Gasteiger partial charge on any atom is -0.422 e. The molecule has 0 radical (unpaired) electrons. The van der Waals surface area contributed by atoms with Gasteiger partial charge in [-0.3, -0.25) is 4.79 Å². The predicted octanol–water partition coefficient (Wildman–Crippen LogP) is 5.30. The summed E-state index contributed by atoms with van der Waals surface area (Å²) in [5, 5.41) is 7.00. The van der Waals surface area contributed by atoms with Crippen LogP contribution in [0.4, 0.5) is 5.69 Å². The Bertz CT molecular complexity index is 1100. The van der Waals surface area contributed by atoms with Crippen LogP contribution < -0.4 is 15.5 Å². The first-order valence-corrected chi connectivity index (χ1v) is 10.9. The summed E-state index contributed by atoms with van der Waals surface area (Å²) in [5.74, 6) is -0.470. The summed E-state index contributed by atoms with van der Waals surface area (Å²) in [5.41, 5.74) is 5.40. The van der Waals surface area contributed by atoms with Gasteiger partial charge in [0.15, 0.2) is 0 Å². The number of benzene rings is 3. The van der Waals surface area contributed by atoms with Gasteiger partial charge in [-0.25, -0.2) is 10.2 Å². The molecule has 0 aromatic heterocycles. The zero-order valence-corrected chi connectivity index (χ0v) is 19.7. The maximum atomic E-state index is 12.4. The topological polar surface area (TPSA) is 79.8 Å². The van der Waals surface area contributed by atoms with Crippen LogP contribution in [0.25, 0.3) is 0 Å². The first kappa shape index (κ1) is 22.7. The molecule has 0 fully saturated rings. The molecule has 6 nitrogen and oxygen atoms in total. The minimum atomic E-state index is -0.490. The van der Waals surface area contributed by atoms with Crippen molar-refractivity contribution in [1.29, 1.82) is 0 Å². The highest BCUT2D eigenvalue weighted by Crippen LogP contribution is 2.23. The lowest BCUT2D eigenvalue weighted by molar-refractivity contribution is -0.119. The summed E-state index contributed by atoms with van der Waals surface area (Å²) in [4.78, 5) is 24.4. The van der Waals surface area contributed by atoms with Crippen LogP contribution in [0, 0.1) is 6.92 Å². The molecule has 0 saturated carbocycles. The van der Waals surface area contributed by atoms with Crippen molar-refractivity contribution in [2.24, 2.45) is 5.10 Å². The van der Waals surface area contributed by atoms with Crippen molar-refractivity contribution in [3.8, 4) is 5.75 Å². The first-order chi connectivity index (χ1) is 14.9. The van der Waals surface area contributed by atoms with Gasteiger partial charge in [0.2, 0.25) is 0 Å². The molecule has 0 saturated heterocycles. The van der Waals surface area contributed by atoms with E-state index in [1.807, 2.05) is 31.2 Å². The standard InChI is InChI=1S/C23H19Br2N3O3/c1-15-2-9-20(10-3-15)26-14-22(29)28-27-13-17-12-19(25)8-11-21(17)31-23(30)16-4-6-18(24)7-5-16/h2-13,26H,14H2,1H3,(H,28,29). The molecule has 3 rings (SSSR count). The van der Waals surface area contributed by atoms with Crippen molar-refractivity contribution in [3.63, 3.8) is 0 Å². The molecule has 0 heterocycles. The lowest BCUT2D eigenvalue weighted by Gasteiger charge is -2.08. The van der Waals surface area contributed by atoms with Gasteiger partial charge in [0.25, 0.3) is 5.91 Å². The molecule has 8 heteroatoms. The zero-order chi connectivity index (χ0) is 22.2. The summed E-state index contributed by atoms with van der Waals surface area (Å²) in [7, 11) is 0. The van der Waals surface area contributed by atoms with E-state index in [2.05, 4.69) is 47.7 Å². The molecule has 3 aromatic carbocycles. The van der Waals surface area contributed by atoms with E-state index in [1.165, 1.54) is 6.21 Å². The predicted molar refractivity (Wildman–Crippen MR) is 129 cm³/mol. The number of nitrogens with zero attached hydrogens (tertiary/aromatic N) is 1. The fourth-order valence-corrected chi connectivity index (χ4v) is 3.17. The number of carbonyl (C=O) groups is 2. The number of hydrazone groups is 1. The number of rotatable bonds is 7. The number of esters is 1. The van der Waals surface area contributed by atoms with Crippen LogP contribution in [-0.2, 0) is 4.79 Å². The molecule has 31 heavy (non-hydrogen) atoms. The second kappa shape index (κ2) is 10.9. The highest BCUT2D eigenvalue weighted by molar-refractivity contribution is 9.10. The molecular formula is C23H19Br2N3O3. The number of aryl methyl sites for hydroxylation is 1. The molecule has 3 aromatic rings. The first-order valence-electron chi connectivity index (χ1n) is 9.30. The number of hydrogen-bond acceptors (Lipinski definition) is 5. The van der Waals surface area contributed by atoms with Gasteiger partial charge in [-0.1, -0.05) is 49.6 Å². The molecular weight excluding hydrogens is 526 g/mol. The summed E-state index contributed by atoms with van der Waals surface area (Å²) in [6.45, 7) is 2.07. The molecule has 0 aliphatic carbocycles. The maximum absolute atomic E-state index is 12.4. The van der Waals surface area contributed by atoms with Crippen molar-refractivity contribution in [3.05, 3.63) is 92.4 Å². The van der Waals surface area contributed by atoms with E-state index in [1.54, 1.807) is 42.5 Å². The van der Waals surface area contributed by atoms with Crippen molar-refractivity contribution in [2.75, 3.05) is 11.9 Å². The van der Waals surface area contributed by atoms with E-state index in [-0.39, 0.29) is 12.5 Å². The Labute approximate surface area is 197 Å². The number of halogens is 2. The Morgan fingerprint density at radius 1 is 0.968 bits per heavy atom. The van der Waals surface area contributed by atoms with Gasteiger partial charge in [-0.15, -0.1) is 0 Å². The van der Waals surface area contributed by atoms with Crippen molar-refractivity contribution in [1.82, 2.24) is 5.43 Å². The van der Waals surface area contributed by atoms with Gasteiger partial charge < -0.3 is 10.1 Å². The third kappa shape index (κ3) is 7.04. The van der Waals surface area contributed by atoms with Gasteiger partial charge in [-0.05, 0) is 61.5 Å². The van der Waals surface area contributed by atoms with Gasteiger partial charge in [0.1, 0.15) is 5.75 Å². The molecule has 2 N–H and O–H groups in total. The van der Waals surface area contributed by atoms with E-state index >= 15 is 0 Å². The van der Waals surface area contributed by atoms with Gasteiger partial charge in [0.05, 0.1) is 18.3 Å². The van der Waals surface area contributed by atoms with Crippen LogP contribution in [0.15, 0.2) is 80.8 Å². The van der Waals surface area contributed by atoms with Crippen molar-refractivity contribution < 1.29 is 14.3 Å². The lowest BCUT2D eigenvalue weighted by Crippen LogP contribution is -2.25. The third-order valence-electron chi connectivity index (χ3n) is 4.15. The average Bonchev–Trinajstić information content (AvgIpc) is 2.75. The fraction of sp³-hybridized carbons (Fsp3) is 0.0870. The van der Waals surface area contributed by atoms with Crippen molar-refractivity contribution >= 4 is 55.6 Å². The smallest absolute Gasteiger partial charge is 0.343 e. The molecule has 0 aliphatic heterocycles. The van der Waals surface area contributed by atoms with Crippen LogP contribution in [0.1, 0.15) is 21.5 Å².